The second kappa shape index (κ2) is 4.62. The molecule has 2 amide bonds. The van der Waals surface area contributed by atoms with Crippen molar-refractivity contribution in [3.05, 3.63) is 0 Å². The van der Waals surface area contributed by atoms with Gasteiger partial charge in [0.05, 0.1) is 12.1 Å². The van der Waals surface area contributed by atoms with Crippen LogP contribution in [-0.2, 0) is 0 Å². The van der Waals surface area contributed by atoms with Crippen LogP contribution in [0, 0.1) is 0 Å². The molecule has 3 atom stereocenters. The summed E-state index contributed by atoms with van der Waals surface area (Å²) in [6.07, 6.45) is 3.41. The molecule has 3 nitrogen and oxygen atoms in total. The van der Waals surface area contributed by atoms with Crippen molar-refractivity contribution >= 4 is 29.4 Å². The number of fused-ring (bicyclic) bond motifs is 1. The Morgan fingerprint density at radius 3 is 3.07 bits per heavy atom. The van der Waals surface area contributed by atoms with Gasteiger partial charge < -0.3 is 10.6 Å². The molecule has 0 aromatic heterocycles. The van der Waals surface area contributed by atoms with Crippen molar-refractivity contribution in [3.8, 4) is 0 Å². The molecule has 2 rings (SSSR count). The van der Waals surface area contributed by atoms with Crippen LogP contribution >= 0.6 is 23.4 Å². The molecule has 1 unspecified atom stereocenters. The minimum atomic E-state index is 0.00245. The summed E-state index contributed by atoms with van der Waals surface area (Å²) in [4.78, 5) is 11.1. The summed E-state index contributed by atoms with van der Waals surface area (Å²) in [7, 11) is 0. The fraction of sp³-hybridized carbons (Fsp3) is 0.889. The van der Waals surface area contributed by atoms with E-state index in [1.807, 2.05) is 11.8 Å². The number of carbonyl (C=O) groups is 1. The number of carbonyl (C=O) groups excluding carboxylic acids is 1. The lowest BCUT2D eigenvalue weighted by Crippen LogP contribution is -2.36. The molecule has 0 bridgehead atoms. The van der Waals surface area contributed by atoms with Gasteiger partial charge in [-0.2, -0.15) is 11.8 Å². The average molecular weight is 235 g/mol. The van der Waals surface area contributed by atoms with Crippen LogP contribution in [0.1, 0.15) is 19.3 Å². The van der Waals surface area contributed by atoms with E-state index in [4.69, 9.17) is 11.6 Å². The first kappa shape index (κ1) is 10.4. The van der Waals surface area contributed by atoms with Crippen LogP contribution in [0.3, 0.4) is 0 Å². The Labute approximate surface area is 93.3 Å². The highest BCUT2D eigenvalue weighted by atomic mass is 35.5. The normalized spacial score (nSPS) is 35.2. The number of alkyl halides is 1. The Hall–Kier alpha value is -0.0900. The average Bonchev–Trinajstić information content (AvgIpc) is 2.66. The smallest absolute Gasteiger partial charge is 0.315 e. The van der Waals surface area contributed by atoms with Crippen molar-refractivity contribution < 1.29 is 4.79 Å². The molecule has 0 saturated carbocycles. The van der Waals surface area contributed by atoms with E-state index in [2.05, 4.69) is 10.6 Å². The predicted octanol–water partition coefficient (Wildman–Crippen LogP) is 1.56. The Morgan fingerprint density at radius 2 is 2.29 bits per heavy atom. The number of rotatable bonds is 4. The molecule has 2 saturated heterocycles. The van der Waals surface area contributed by atoms with E-state index in [-0.39, 0.29) is 6.03 Å². The molecular formula is C9H15ClN2OS. The minimum Gasteiger partial charge on any atom is -0.332 e. The van der Waals surface area contributed by atoms with E-state index in [1.165, 1.54) is 12.8 Å². The molecule has 14 heavy (non-hydrogen) atoms. The van der Waals surface area contributed by atoms with Gasteiger partial charge in [-0.3, -0.25) is 0 Å². The van der Waals surface area contributed by atoms with E-state index >= 15 is 0 Å². The summed E-state index contributed by atoms with van der Waals surface area (Å²) in [5, 5.41) is 6.51. The summed E-state index contributed by atoms with van der Waals surface area (Å²) < 4.78 is 0. The van der Waals surface area contributed by atoms with Crippen molar-refractivity contribution in [1.29, 1.82) is 0 Å². The maximum atomic E-state index is 11.1. The maximum absolute atomic E-state index is 11.1. The molecule has 0 aromatic carbocycles. The van der Waals surface area contributed by atoms with E-state index in [0.717, 1.165) is 18.1 Å². The van der Waals surface area contributed by atoms with Gasteiger partial charge in [-0.1, -0.05) is 6.42 Å². The third kappa shape index (κ3) is 2.11. The van der Waals surface area contributed by atoms with Crippen LogP contribution in [0.5, 0.6) is 0 Å². The fourth-order valence-corrected chi connectivity index (χ4v) is 3.82. The Kier molecular flexibility index (Phi) is 3.44. The van der Waals surface area contributed by atoms with Gasteiger partial charge in [-0.05, 0) is 12.8 Å². The topological polar surface area (TPSA) is 41.1 Å². The van der Waals surface area contributed by atoms with Gasteiger partial charge in [-0.25, -0.2) is 4.79 Å². The minimum absolute atomic E-state index is 0.00245. The summed E-state index contributed by atoms with van der Waals surface area (Å²) in [6, 6.07) is 0.707. The first-order valence-electron chi connectivity index (χ1n) is 5.06. The molecule has 2 aliphatic rings. The molecule has 2 fully saturated rings. The monoisotopic (exact) mass is 234 g/mol. The van der Waals surface area contributed by atoms with Crippen molar-refractivity contribution in [2.24, 2.45) is 0 Å². The Bertz CT molecular complexity index is 227. The number of thioether (sulfide) groups is 1. The molecule has 0 spiro atoms. The summed E-state index contributed by atoms with van der Waals surface area (Å²) >= 11 is 7.60. The highest BCUT2D eigenvalue weighted by Gasteiger charge is 2.42. The van der Waals surface area contributed by atoms with Gasteiger partial charge in [0.25, 0.3) is 0 Å². The number of amides is 2. The summed E-state index contributed by atoms with van der Waals surface area (Å²) in [6.45, 7) is 0. The summed E-state index contributed by atoms with van der Waals surface area (Å²) in [5.74, 6) is 1.80. The van der Waals surface area contributed by atoms with Crippen LogP contribution in [0.4, 0.5) is 4.79 Å². The van der Waals surface area contributed by atoms with Gasteiger partial charge in [0.2, 0.25) is 0 Å². The standard InChI is InChI=1S/C9H15ClN2OS/c10-4-2-1-3-7-8-6(5-14-7)11-9(13)12-8/h6-8H,1-5H2,(H2,11,12,13)/t6-,7?,8-/m0/s1. The number of urea groups is 1. The molecule has 0 aliphatic carbocycles. The molecule has 2 aliphatic heterocycles. The first-order valence-corrected chi connectivity index (χ1v) is 6.64. The molecule has 0 radical (unpaired) electrons. The lowest BCUT2D eigenvalue weighted by Gasteiger charge is -2.15. The molecular weight excluding hydrogens is 220 g/mol. The predicted molar refractivity (Wildman–Crippen MR) is 60.1 cm³/mol. The third-order valence-electron chi connectivity index (χ3n) is 2.81. The highest BCUT2D eigenvalue weighted by molar-refractivity contribution is 8.00. The number of hydrogen-bond acceptors (Lipinski definition) is 2. The second-order valence-electron chi connectivity index (χ2n) is 3.81. The number of nitrogens with one attached hydrogen (secondary N) is 2. The van der Waals surface area contributed by atoms with Crippen LogP contribution in [0.25, 0.3) is 0 Å². The molecule has 2 N–H and O–H groups in total. The van der Waals surface area contributed by atoms with Crippen LogP contribution in [0.15, 0.2) is 0 Å². The lowest BCUT2D eigenvalue weighted by atomic mass is 10.0. The van der Waals surface area contributed by atoms with Crippen LogP contribution in [-0.4, -0.2) is 35.0 Å². The molecule has 5 heteroatoms. The van der Waals surface area contributed by atoms with E-state index in [1.54, 1.807) is 0 Å². The van der Waals surface area contributed by atoms with Gasteiger partial charge >= 0.3 is 6.03 Å². The largest absolute Gasteiger partial charge is 0.332 e. The third-order valence-corrected chi connectivity index (χ3v) is 4.59. The van der Waals surface area contributed by atoms with Crippen molar-refractivity contribution in [3.63, 3.8) is 0 Å². The zero-order valence-electron chi connectivity index (χ0n) is 7.96. The van der Waals surface area contributed by atoms with Gasteiger partial charge in [-0.15, -0.1) is 11.6 Å². The van der Waals surface area contributed by atoms with Gasteiger partial charge in [0.15, 0.2) is 0 Å². The zero-order chi connectivity index (χ0) is 9.97. The fourth-order valence-electron chi connectivity index (χ4n) is 2.08. The first-order chi connectivity index (χ1) is 6.81. The SMILES string of the molecule is O=C1N[C@H]2CSC(CCCCCl)[C@H]2N1. The number of halogens is 1. The summed E-state index contributed by atoms with van der Waals surface area (Å²) in [5.41, 5.74) is 0. The number of hydrogen-bond donors (Lipinski definition) is 2. The highest BCUT2D eigenvalue weighted by Crippen LogP contribution is 2.32. The maximum Gasteiger partial charge on any atom is 0.315 e. The molecule has 0 aromatic rings. The number of unbranched alkanes of at least 4 members (excludes halogenated alkanes) is 1. The lowest BCUT2D eigenvalue weighted by molar-refractivity contribution is 0.247. The van der Waals surface area contributed by atoms with E-state index < -0.39 is 0 Å². The van der Waals surface area contributed by atoms with Crippen LogP contribution < -0.4 is 10.6 Å². The van der Waals surface area contributed by atoms with Crippen LogP contribution in [0.2, 0.25) is 0 Å². The van der Waals surface area contributed by atoms with E-state index in [9.17, 15) is 4.79 Å². The molecule has 80 valence electrons. The Morgan fingerprint density at radius 1 is 1.43 bits per heavy atom. The zero-order valence-corrected chi connectivity index (χ0v) is 9.53. The van der Waals surface area contributed by atoms with Crippen molar-refractivity contribution in [2.75, 3.05) is 11.6 Å². The van der Waals surface area contributed by atoms with E-state index in [0.29, 0.717) is 17.3 Å². The van der Waals surface area contributed by atoms with Crippen molar-refractivity contribution in [1.82, 2.24) is 10.6 Å². The Balaban J connectivity index is 1.80. The quantitative estimate of drug-likeness (QED) is 0.440. The second-order valence-corrected chi connectivity index (χ2v) is 5.46. The van der Waals surface area contributed by atoms with Crippen molar-refractivity contribution in [2.45, 2.75) is 36.6 Å². The van der Waals surface area contributed by atoms with Gasteiger partial charge in [0.1, 0.15) is 0 Å². The molecule has 2 heterocycles. The van der Waals surface area contributed by atoms with Gasteiger partial charge in [0, 0.05) is 16.9 Å².